The highest BCUT2D eigenvalue weighted by molar-refractivity contribution is 7.99. The van der Waals surface area contributed by atoms with Gasteiger partial charge in [0.15, 0.2) is 11.5 Å². The Morgan fingerprint density at radius 2 is 1.89 bits per heavy atom. The van der Waals surface area contributed by atoms with Gasteiger partial charge in [-0.05, 0) is 43.3 Å². The molecule has 0 aromatic heterocycles. The minimum absolute atomic E-state index is 0.748. The molecule has 18 heavy (non-hydrogen) atoms. The van der Waals surface area contributed by atoms with Gasteiger partial charge in [0.1, 0.15) is 0 Å². The first-order chi connectivity index (χ1) is 8.90. The Morgan fingerprint density at radius 1 is 1.06 bits per heavy atom. The second kappa shape index (κ2) is 7.54. The Hall–Kier alpha value is -0.870. The lowest BCUT2D eigenvalue weighted by Gasteiger charge is -2.09. The number of fused-ring (bicyclic) bond motifs is 1. The molecule has 0 bridgehead atoms. The summed E-state index contributed by atoms with van der Waals surface area (Å²) in [4.78, 5) is 1.26. The van der Waals surface area contributed by atoms with Gasteiger partial charge in [0.25, 0.3) is 0 Å². The Morgan fingerprint density at radius 3 is 2.72 bits per heavy atom. The number of benzene rings is 1. The molecule has 0 aliphatic carbocycles. The fourth-order valence-corrected chi connectivity index (χ4v) is 2.79. The molecule has 0 saturated heterocycles. The first-order valence-corrected chi connectivity index (χ1v) is 7.61. The number of thioether (sulfide) groups is 1. The molecule has 100 valence electrons. The summed E-state index contributed by atoms with van der Waals surface area (Å²) >= 11 is 1.87. The second-order valence-electron chi connectivity index (χ2n) is 4.36. The van der Waals surface area contributed by atoms with Crippen LogP contribution < -0.4 is 15.2 Å². The van der Waals surface area contributed by atoms with Crippen LogP contribution in [0, 0.1) is 0 Å². The Bertz CT molecular complexity index is 371. The van der Waals surface area contributed by atoms with Crippen molar-refractivity contribution in [1.82, 2.24) is 0 Å². The highest BCUT2D eigenvalue weighted by Gasteiger charge is 2.10. The summed E-state index contributed by atoms with van der Waals surface area (Å²) in [5, 5.41) is 0. The van der Waals surface area contributed by atoms with Gasteiger partial charge in [0.2, 0.25) is 0 Å². The number of unbranched alkanes of at least 4 members (excludes halogenated alkanes) is 2. The first-order valence-electron chi connectivity index (χ1n) is 6.62. The zero-order chi connectivity index (χ0) is 12.6. The van der Waals surface area contributed by atoms with E-state index in [1.807, 2.05) is 17.8 Å². The molecule has 2 rings (SSSR count). The summed E-state index contributed by atoms with van der Waals surface area (Å²) in [6, 6.07) is 6.22. The van der Waals surface area contributed by atoms with E-state index in [4.69, 9.17) is 15.2 Å². The average Bonchev–Trinajstić information content (AvgIpc) is 2.63. The van der Waals surface area contributed by atoms with E-state index in [1.54, 1.807) is 0 Å². The van der Waals surface area contributed by atoms with Gasteiger partial charge in [-0.2, -0.15) is 0 Å². The van der Waals surface area contributed by atoms with Crippen molar-refractivity contribution >= 4 is 11.8 Å². The molecular formula is C14H21NO2S. The van der Waals surface area contributed by atoms with Crippen LogP contribution >= 0.6 is 11.8 Å². The largest absolute Gasteiger partial charge is 0.490 e. The quantitative estimate of drug-likeness (QED) is 0.635. The molecule has 3 nitrogen and oxygen atoms in total. The molecule has 0 spiro atoms. The molecule has 0 fully saturated rings. The predicted molar refractivity (Wildman–Crippen MR) is 75.7 cm³/mol. The van der Waals surface area contributed by atoms with Gasteiger partial charge in [-0.3, -0.25) is 0 Å². The lowest BCUT2D eigenvalue weighted by atomic mass is 10.2. The maximum atomic E-state index is 5.68. The van der Waals surface area contributed by atoms with E-state index >= 15 is 0 Å². The number of hydrogen-bond acceptors (Lipinski definition) is 4. The van der Waals surface area contributed by atoms with Crippen molar-refractivity contribution < 1.29 is 9.47 Å². The zero-order valence-electron chi connectivity index (χ0n) is 10.7. The number of hydrogen-bond donors (Lipinski definition) is 1. The van der Waals surface area contributed by atoms with E-state index in [9.17, 15) is 0 Å². The fourth-order valence-electron chi connectivity index (χ4n) is 1.85. The van der Waals surface area contributed by atoms with Crippen molar-refractivity contribution in [3.05, 3.63) is 18.2 Å². The molecule has 0 atom stereocenters. The normalized spacial score (nSPS) is 14.3. The molecule has 0 radical (unpaired) electrons. The minimum Gasteiger partial charge on any atom is -0.490 e. The number of ether oxygens (including phenoxy) is 2. The molecule has 1 aliphatic heterocycles. The molecule has 1 aromatic carbocycles. The van der Waals surface area contributed by atoms with E-state index in [0.717, 1.165) is 49.9 Å². The minimum atomic E-state index is 0.748. The predicted octanol–water partition coefficient (Wildman–Crippen LogP) is 3.07. The lowest BCUT2D eigenvalue weighted by Crippen LogP contribution is -1.98. The van der Waals surface area contributed by atoms with E-state index in [1.165, 1.54) is 17.7 Å². The molecule has 1 heterocycles. The highest BCUT2D eigenvalue weighted by atomic mass is 32.2. The summed E-state index contributed by atoms with van der Waals surface area (Å²) in [6.07, 6.45) is 4.52. The van der Waals surface area contributed by atoms with Gasteiger partial charge in [-0.1, -0.05) is 6.42 Å². The van der Waals surface area contributed by atoms with E-state index in [0.29, 0.717) is 0 Å². The smallest absolute Gasteiger partial charge is 0.162 e. The van der Waals surface area contributed by atoms with Crippen LogP contribution in [-0.4, -0.2) is 25.5 Å². The van der Waals surface area contributed by atoms with Gasteiger partial charge >= 0.3 is 0 Å². The standard InChI is InChI=1S/C14H21NO2S/c15-7-2-1-3-10-18-12-5-6-13-14(11-12)17-9-4-8-16-13/h5-6,11H,1-4,7-10,15H2. The molecule has 2 N–H and O–H groups in total. The summed E-state index contributed by atoms with van der Waals surface area (Å²) in [5.74, 6) is 2.90. The van der Waals surface area contributed by atoms with E-state index in [2.05, 4.69) is 12.1 Å². The van der Waals surface area contributed by atoms with E-state index < -0.39 is 0 Å². The van der Waals surface area contributed by atoms with Crippen molar-refractivity contribution in [1.29, 1.82) is 0 Å². The SMILES string of the molecule is NCCCCCSc1ccc2c(c1)OCCCO2. The Balaban J connectivity index is 1.84. The lowest BCUT2D eigenvalue weighted by molar-refractivity contribution is 0.297. The van der Waals surface area contributed by atoms with Crippen molar-refractivity contribution in [3.8, 4) is 11.5 Å². The molecule has 0 unspecified atom stereocenters. The molecule has 1 aliphatic rings. The van der Waals surface area contributed by atoms with Crippen LogP contribution in [0.2, 0.25) is 0 Å². The summed E-state index contributed by atoms with van der Waals surface area (Å²) in [6.45, 7) is 2.30. The molecule has 0 saturated carbocycles. The molecule has 0 amide bonds. The Kier molecular flexibility index (Phi) is 5.68. The maximum Gasteiger partial charge on any atom is 0.162 e. The molecular weight excluding hydrogens is 246 g/mol. The summed E-state index contributed by atoms with van der Waals surface area (Å²) < 4.78 is 11.3. The topological polar surface area (TPSA) is 44.5 Å². The van der Waals surface area contributed by atoms with Crippen LogP contribution in [0.1, 0.15) is 25.7 Å². The number of nitrogens with two attached hydrogens (primary N) is 1. The zero-order valence-corrected chi connectivity index (χ0v) is 11.5. The van der Waals surface area contributed by atoms with Gasteiger partial charge < -0.3 is 15.2 Å². The van der Waals surface area contributed by atoms with Crippen LogP contribution in [0.5, 0.6) is 11.5 Å². The van der Waals surface area contributed by atoms with Gasteiger partial charge in [-0.15, -0.1) is 11.8 Å². The Labute approximate surface area is 113 Å². The third kappa shape index (κ3) is 4.10. The van der Waals surface area contributed by atoms with Crippen molar-refractivity contribution in [2.45, 2.75) is 30.6 Å². The molecule has 4 heteroatoms. The second-order valence-corrected chi connectivity index (χ2v) is 5.53. The van der Waals surface area contributed by atoms with Crippen molar-refractivity contribution in [3.63, 3.8) is 0 Å². The van der Waals surface area contributed by atoms with Crippen LogP contribution in [0.25, 0.3) is 0 Å². The van der Waals surface area contributed by atoms with Gasteiger partial charge in [-0.25, -0.2) is 0 Å². The number of rotatable bonds is 6. The monoisotopic (exact) mass is 267 g/mol. The van der Waals surface area contributed by atoms with Crippen LogP contribution in [0.15, 0.2) is 23.1 Å². The van der Waals surface area contributed by atoms with Crippen molar-refractivity contribution in [2.24, 2.45) is 5.73 Å². The third-order valence-electron chi connectivity index (χ3n) is 2.84. The average molecular weight is 267 g/mol. The van der Waals surface area contributed by atoms with Crippen molar-refractivity contribution in [2.75, 3.05) is 25.5 Å². The maximum absolute atomic E-state index is 5.68. The van der Waals surface area contributed by atoms with Crippen LogP contribution in [0.4, 0.5) is 0 Å². The van der Waals surface area contributed by atoms with E-state index in [-0.39, 0.29) is 0 Å². The van der Waals surface area contributed by atoms with Gasteiger partial charge in [0.05, 0.1) is 13.2 Å². The molecule has 1 aromatic rings. The van der Waals surface area contributed by atoms with Crippen LogP contribution in [-0.2, 0) is 0 Å². The fraction of sp³-hybridized carbons (Fsp3) is 0.571. The summed E-state index contributed by atoms with van der Waals surface area (Å²) in [7, 11) is 0. The third-order valence-corrected chi connectivity index (χ3v) is 3.92. The highest BCUT2D eigenvalue weighted by Crippen LogP contribution is 2.34. The summed E-state index contributed by atoms with van der Waals surface area (Å²) in [5.41, 5.74) is 5.48. The first kappa shape index (κ1) is 13.6. The van der Waals surface area contributed by atoms with Crippen LogP contribution in [0.3, 0.4) is 0 Å². The van der Waals surface area contributed by atoms with Gasteiger partial charge in [0, 0.05) is 11.3 Å².